The number of benzene rings is 2. The van der Waals surface area contributed by atoms with Crippen LogP contribution in [0.25, 0.3) is 0 Å². The third-order valence-corrected chi connectivity index (χ3v) is 3.75. The van der Waals surface area contributed by atoms with Crippen LogP contribution in [-0.4, -0.2) is 5.91 Å². The van der Waals surface area contributed by atoms with Crippen LogP contribution in [0.2, 0.25) is 0 Å². The molecule has 0 unspecified atom stereocenters. The summed E-state index contributed by atoms with van der Waals surface area (Å²) in [5.41, 5.74) is 1.83. The smallest absolute Gasteiger partial charge is 0.221 e. The van der Waals surface area contributed by atoms with E-state index in [0.717, 1.165) is 16.1 Å². The Bertz CT molecular complexity index is 692. The molecule has 1 amide bonds. The summed E-state index contributed by atoms with van der Waals surface area (Å²) >= 11 is 1.54. The van der Waals surface area contributed by atoms with E-state index in [4.69, 9.17) is 5.26 Å². The molecule has 0 bridgehead atoms. The van der Waals surface area contributed by atoms with Crippen molar-refractivity contribution in [2.75, 3.05) is 5.32 Å². The van der Waals surface area contributed by atoms with Gasteiger partial charge in [0.1, 0.15) is 5.82 Å². The third-order valence-electron chi connectivity index (χ3n) is 2.67. The lowest BCUT2D eigenvalue weighted by molar-refractivity contribution is -0.114. The van der Waals surface area contributed by atoms with E-state index in [1.54, 1.807) is 17.8 Å². The van der Waals surface area contributed by atoms with Gasteiger partial charge in [0.15, 0.2) is 0 Å². The molecule has 106 valence electrons. The number of rotatable bonds is 4. The number of halogens is 1. The molecule has 0 aliphatic heterocycles. The van der Waals surface area contributed by atoms with Crippen molar-refractivity contribution in [2.24, 2.45) is 0 Å². The molecule has 2 aromatic rings. The number of hydrogen-bond acceptors (Lipinski definition) is 3. The first-order valence-electron chi connectivity index (χ1n) is 6.27. The van der Waals surface area contributed by atoms with Crippen molar-refractivity contribution < 1.29 is 9.18 Å². The Morgan fingerprint density at radius 1 is 1.29 bits per heavy atom. The number of nitriles is 1. The highest BCUT2D eigenvalue weighted by Gasteiger charge is 2.02. The molecule has 2 rings (SSSR count). The molecule has 5 heteroatoms. The number of carbonyl (C=O) groups excluding carboxylic acids is 1. The van der Waals surface area contributed by atoms with Gasteiger partial charge in [-0.1, -0.05) is 0 Å². The van der Waals surface area contributed by atoms with Gasteiger partial charge < -0.3 is 5.32 Å². The van der Waals surface area contributed by atoms with Gasteiger partial charge in [0.25, 0.3) is 0 Å². The minimum absolute atomic E-state index is 0.112. The van der Waals surface area contributed by atoms with Crippen molar-refractivity contribution in [1.29, 1.82) is 5.26 Å². The second-order valence-corrected chi connectivity index (χ2v) is 5.50. The zero-order valence-corrected chi connectivity index (χ0v) is 12.2. The van der Waals surface area contributed by atoms with Gasteiger partial charge >= 0.3 is 0 Å². The van der Waals surface area contributed by atoms with Crippen molar-refractivity contribution >= 4 is 23.4 Å². The Morgan fingerprint density at radius 2 is 2.00 bits per heavy atom. The van der Waals surface area contributed by atoms with Crippen molar-refractivity contribution in [3.8, 4) is 6.07 Å². The summed E-state index contributed by atoms with van der Waals surface area (Å²) in [6, 6.07) is 13.7. The van der Waals surface area contributed by atoms with Gasteiger partial charge in [-0.05, 0) is 48.0 Å². The molecule has 0 atom stereocenters. The largest absolute Gasteiger partial charge is 0.326 e. The molecule has 0 heterocycles. The molecular formula is C16H13FN2OS. The minimum Gasteiger partial charge on any atom is -0.326 e. The summed E-state index contributed by atoms with van der Waals surface area (Å²) < 4.78 is 13.3. The Balaban J connectivity index is 2.01. The van der Waals surface area contributed by atoms with Crippen LogP contribution in [0, 0.1) is 17.1 Å². The lowest BCUT2D eigenvalue weighted by Gasteiger charge is -2.05. The first kappa shape index (κ1) is 15.1. The maximum Gasteiger partial charge on any atom is 0.221 e. The summed E-state index contributed by atoms with van der Waals surface area (Å²) in [5.74, 6) is 0.0659. The first-order chi connectivity index (χ1) is 10.1. The zero-order valence-electron chi connectivity index (χ0n) is 11.4. The van der Waals surface area contributed by atoms with Crippen molar-refractivity contribution in [3.63, 3.8) is 0 Å². The summed E-state index contributed by atoms with van der Waals surface area (Å²) in [4.78, 5) is 11.9. The Hall–Kier alpha value is -2.32. The van der Waals surface area contributed by atoms with E-state index in [9.17, 15) is 9.18 Å². The highest BCUT2D eigenvalue weighted by Crippen LogP contribution is 2.25. The van der Waals surface area contributed by atoms with E-state index in [0.29, 0.717) is 11.3 Å². The highest BCUT2D eigenvalue weighted by molar-refractivity contribution is 7.98. The Kier molecular flexibility index (Phi) is 4.96. The molecular weight excluding hydrogens is 287 g/mol. The maximum absolute atomic E-state index is 13.3. The van der Waals surface area contributed by atoms with E-state index in [-0.39, 0.29) is 5.91 Å². The van der Waals surface area contributed by atoms with Gasteiger partial charge in [0.05, 0.1) is 11.6 Å². The fourth-order valence-electron chi connectivity index (χ4n) is 1.80. The average molecular weight is 300 g/mol. The molecule has 0 spiro atoms. The van der Waals surface area contributed by atoms with Crippen LogP contribution in [0.5, 0.6) is 0 Å². The van der Waals surface area contributed by atoms with Gasteiger partial charge in [-0.2, -0.15) is 5.26 Å². The molecule has 0 aromatic heterocycles. The van der Waals surface area contributed by atoms with Gasteiger partial charge in [-0.25, -0.2) is 4.39 Å². The summed E-state index contributed by atoms with van der Waals surface area (Å²) in [6.45, 7) is 1.46. The molecule has 0 saturated carbocycles. The number of amides is 1. The maximum atomic E-state index is 13.3. The third kappa shape index (κ3) is 4.62. The van der Waals surface area contributed by atoms with Crippen LogP contribution in [0.3, 0.4) is 0 Å². The predicted octanol–water partition coefficient (Wildman–Crippen LogP) is 3.95. The van der Waals surface area contributed by atoms with Crippen molar-refractivity contribution in [3.05, 3.63) is 59.4 Å². The first-order valence-corrected chi connectivity index (χ1v) is 7.25. The molecule has 0 radical (unpaired) electrons. The molecule has 21 heavy (non-hydrogen) atoms. The quantitative estimate of drug-likeness (QED) is 0.870. The number of anilines is 1. The van der Waals surface area contributed by atoms with Gasteiger partial charge in [0.2, 0.25) is 5.91 Å². The molecule has 0 aliphatic carbocycles. The number of carbonyl (C=O) groups is 1. The summed E-state index contributed by atoms with van der Waals surface area (Å²) in [5, 5.41) is 11.5. The molecule has 3 nitrogen and oxygen atoms in total. The highest BCUT2D eigenvalue weighted by atomic mass is 32.2. The van der Waals surface area contributed by atoms with Crippen LogP contribution in [0.15, 0.2) is 47.4 Å². The lowest BCUT2D eigenvalue weighted by Crippen LogP contribution is -2.05. The van der Waals surface area contributed by atoms with Crippen LogP contribution < -0.4 is 5.32 Å². The Morgan fingerprint density at radius 3 is 2.62 bits per heavy atom. The van der Waals surface area contributed by atoms with E-state index in [2.05, 4.69) is 5.32 Å². The van der Waals surface area contributed by atoms with E-state index < -0.39 is 5.82 Å². The zero-order chi connectivity index (χ0) is 15.2. The van der Waals surface area contributed by atoms with Crippen LogP contribution in [0.1, 0.15) is 18.1 Å². The van der Waals surface area contributed by atoms with Crippen LogP contribution in [0.4, 0.5) is 10.1 Å². The fraction of sp³-hybridized carbons (Fsp3) is 0.125. The Labute approximate surface area is 126 Å². The molecule has 2 aromatic carbocycles. The number of hydrogen-bond donors (Lipinski definition) is 1. The number of thioether (sulfide) groups is 1. The lowest BCUT2D eigenvalue weighted by atomic mass is 10.1. The van der Waals surface area contributed by atoms with Gasteiger partial charge in [-0.15, -0.1) is 11.8 Å². The molecule has 0 aliphatic rings. The minimum atomic E-state index is -0.398. The van der Waals surface area contributed by atoms with E-state index in [1.165, 1.54) is 19.1 Å². The van der Waals surface area contributed by atoms with Gasteiger partial charge in [-0.3, -0.25) is 4.79 Å². The van der Waals surface area contributed by atoms with Gasteiger partial charge in [0, 0.05) is 23.3 Å². The van der Waals surface area contributed by atoms with Crippen molar-refractivity contribution in [1.82, 2.24) is 0 Å². The van der Waals surface area contributed by atoms with E-state index in [1.807, 2.05) is 30.3 Å². The fourth-order valence-corrected chi connectivity index (χ4v) is 2.63. The van der Waals surface area contributed by atoms with Crippen LogP contribution >= 0.6 is 11.8 Å². The number of nitrogens with one attached hydrogen (secondary N) is 1. The molecule has 0 fully saturated rings. The van der Waals surface area contributed by atoms with Crippen LogP contribution in [-0.2, 0) is 10.5 Å². The summed E-state index contributed by atoms with van der Waals surface area (Å²) in [7, 11) is 0. The topological polar surface area (TPSA) is 52.9 Å². The standard InChI is InChI=1S/C16H13FN2OS/c1-11(20)19-15-2-4-16(5-3-15)21-10-13-6-12(9-18)7-14(17)8-13/h2-8H,10H2,1H3,(H,19,20). The molecule has 1 N–H and O–H groups in total. The SMILES string of the molecule is CC(=O)Nc1ccc(SCc2cc(F)cc(C#N)c2)cc1. The average Bonchev–Trinajstić information content (AvgIpc) is 2.45. The summed E-state index contributed by atoms with van der Waals surface area (Å²) in [6.07, 6.45) is 0. The van der Waals surface area contributed by atoms with Crippen molar-refractivity contribution in [2.45, 2.75) is 17.6 Å². The monoisotopic (exact) mass is 300 g/mol. The second-order valence-electron chi connectivity index (χ2n) is 4.45. The second kappa shape index (κ2) is 6.91. The predicted molar refractivity (Wildman–Crippen MR) is 81.4 cm³/mol. The number of nitrogens with zero attached hydrogens (tertiary/aromatic N) is 1. The normalized spacial score (nSPS) is 9.95. The van der Waals surface area contributed by atoms with E-state index >= 15 is 0 Å². The molecule has 0 saturated heterocycles.